The van der Waals surface area contributed by atoms with Crippen LogP contribution in [0.4, 0.5) is 5.82 Å². The Morgan fingerprint density at radius 2 is 2.33 bits per heavy atom. The zero-order valence-corrected chi connectivity index (χ0v) is 11.4. The van der Waals surface area contributed by atoms with E-state index in [1.165, 1.54) is 0 Å². The Bertz CT molecular complexity index is 582. The number of nitrogens with one attached hydrogen (secondary N) is 1. The normalized spacial score (nSPS) is 10.8. The van der Waals surface area contributed by atoms with E-state index < -0.39 is 5.97 Å². The topological polar surface area (TPSA) is 79.5 Å². The monoisotopic (exact) mass is 312 g/mol. The van der Waals surface area contributed by atoms with Crippen molar-refractivity contribution in [3.63, 3.8) is 0 Å². The summed E-state index contributed by atoms with van der Waals surface area (Å²) in [5.74, 6) is -0.173. The number of fused-ring (bicyclic) bond motifs is 1. The lowest BCUT2D eigenvalue weighted by Gasteiger charge is -2.03. The zero-order chi connectivity index (χ0) is 13.1. The molecule has 0 atom stereocenters. The first-order chi connectivity index (χ1) is 8.61. The van der Waals surface area contributed by atoms with E-state index in [9.17, 15) is 4.79 Å². The van der Waals surface area contributed by atoms with E-state index in [0.29, 0.717) is 15.9 Å². The summed E-state index contributed by atoms with van der Waals surface area (Å²) in [6.07, 6.45) is 0.886. The summed E-state index contributed by atoms with van der Waals surface area (Å²) in [6, 6.07) is 3.64. The lowest BCUT2D eigenvalue weighted by Crippen LogP contribution is -2.04. The van der Waals surface area contributed by atoms with Gasteiger partial charge in [0.25, 0.3) is 0 Å². The van der Waals surface area contributed by atoms with Crippen molar-refractivity contribution in [2.75, 3.05) is 11.9 Å². The average Bonchev–Trinajstić information content (AvgIpc) is 2.63. The van der Waals surface area contributed by atoms with Crippen molar-refractivity contribution in [2.45, 2.75) is 19.8 Å². The number of rotatable bonds is 5. The summed E-state index contributed by atoms with van der Waals surface area (Å²) in [7, 11) is 0. The van der Waals surface area contributed by atoms with Crippen LogP contribution in [0.25, 0.3) is 5.65 Å². The van der Waals surface area contributed by atoms with Crippen LogP contribution in [0.15, 0.2) is 16.7 Å². The number of halogens is 1. The second-order valence-corrected chi connectivity index (χ2v) is 4.59. The van der Waals surface area contributed by atoms with E-state index in [-0.39, 0.29) is 6.42 Å². The number of hydrogen-bond donors (Lipinski definition) is 2. The molecule has 0 aliphatic carbocycles. The van der Waals surface area contributed by atoms with Gasteiger partial charge in [-0.2, -0.15) is 0 Å². The predicted molar refractivity (Wildman–Crippen MR) is 70.8 cm³/mol. The number of aliphatic carboxylic acids is 1. The number of anilines is 1. The predicted octanol–water partition coefficient (Wildman–Crippen LogP) is 1.94. The second-order valence-electron chi connectivity index (χ2n) is 3.84. The van der Waals surface area contributed by atoms with Crippen molar-refractivity contribution in [2.24, 2.45) is 0 Å². The largest absolute Gasteiger partial charge is 0.481 e. The summed E-state index contributed by atoms with van der Waals surface area (Å²) < 4.78 is 2.18. The molecule has 0 saturated heterocycles. The molecule has 6 nitrogen and oxygen atoms in total. The summed E-state index contributed by atoms with van der Waals surface area (Å²) in [6.45, 7) is 2.91. The molecule has 0 aliphatic heterocycles. The zero-order valence-electron chi connectivity index (χ0n) is 9.85. The summed E-state index contributed by atoms with van der Waals surface area (Å²) in [4.78, 5) is 14.9. The first-order valence-corrected chi connectivity index (χ1v) is 6.41. The van der Waals surface area contributed by atoms with Gasteiger partial charge >= 0.3 is 5.97 Å². The van der Waals surface area contributed by atoms with E-state index in [1.807, 2.05) is 6.07 Å². The maximum absolute atomic E-state index is 10.7. The van der Waals surface area contributed by atoms with E-state index in [4.69, 9.17) is 5.11 Å². The van der Waals surface area contributed by atoms with E-state index in [2.05, 4.69) is 38.3 Å². The Hall–Kier alpha value is -1.63. The van der Waals surface area contributed by atoms with Crippen LogP contribution < -0.4 is 5.32 Å². The van der Waals surface area contributed by atoms with Gasteiger partial charge in [-0.1, -0.05) is 6.92 Å². The van der Waals surface area contributed by atoms with Gasteiger partial charge in [0.1, 0.15) is 10.4 Å². The van der Waals surface area contributed by atoms with Gasteiger partial charge in [-0.05, 0) is 34.5 Å². The maximum atomic E-state index is 10.7. The molecule has 0 amide bonds. The third-order valence-corrected chi connectivity index (χ3v) is 3.16. The van der Waals surface area contributed by atoms with Gasteiger partial charge in [0.2, 0.25) is 0 Å². The highest BCUT2D eigenvalue weighted by Gasteiger charge is 2.13. The number of carboxylic acids is 1. The van der Waals surface area contributed by atoms with Gasteiger partial charge in [0.05, 0.1) is 12.1 Å². The number of aromatic nitrogens is 3. The minimum atomic E-state index is -0.913. The fourth-order valence-corrected chi connectivity index (χ4v) is 2.04. The quantitative estimate of drug-likeness (QED) is 0.882. The molecule has 2 rings (SSSR count). The molecule has 2 N–H and O–H groups in total. The molecule has 0 aromatic carbocycles. The van der Waals surface area contributed by atoms with Crippen LogP contribution in [0, 0.1) is 0 Å². The number of imidazole rings is 1. The first kappa shape index (κ1) is 12.8. The van der Waals surface area contributed by atoms with Crippen molar-refractivity contribution in [1.29, 1.82) is 0 Å². The highest BCUT2D eigenvalue weighted by Crippen LogP contribution is 2.19. The lowest BCUT2D eigenvalue weighted by molar-refractivity contribution is -0.136. The molecular weight excluding hydrogens is 300 g/mol. The minimum absolute atomic E-state index is 0.123. The van der Waals surface area contributed by atoms with Crippen molar-refractivity contribution in [1.82, 2.24) is 14.6 Å². The van der Waals surface area contributed by atoms with Crippen molar-refractivity contribution in [3.8, 4) is 0 Å². The molecular formula is C11H13BrN4O2. The van der Waals surface area contributed by atoms with Crippen LogP contribution in [0.5, 0.6) is 0 Å². The van der Waals surface area contributed by atoms with Crippen LogP contribution in [0.1, 0.15) is 19.0 Å². The van der Waals surface area contributed by atoms with Crippen LogP contribution in [0.2, 0.25) is 0 Å². The smallest absolute Gasteiger partial charge is 0.309 e. The Morgan fingerprint density at radius 1 is 1.56 bits per heavy atom. The summed E-state index contributed by atoms with van der Waals surface area (Å²) in [5, 5.41) is 16.3. The Balaban J connectivity index is 2.36. The van der Waals surface area contributed by atoms with E-state index >= 15 is 0 Å². The molecule has 0 aliphatic rings. The van der Waals surface area contributed by atoms with Gasteiger partial charge < -0.3 is 10.4 Å². The fourth-order valence-electron chi connectivity index (χ4n) is 1.56. The van der Waals surface area contributed by atoms with E-state index in [0.717, 1.165) is 18.8 Å². The van der Waals surface area contributed by atoms with Crippen molar-refractivity contribution < 1.29 is 9.90 Å². The molecule has 0 radical (unpaired) electrons. The number of carboxylic acid groups (broad SMARTS) is 1. The lowest BCUT2D eigenvalue weighted by atomic mass is 10.3. The van der Waals surface area contributed by atoms with E-state index in [1.54, 1.807) is 10.6 Å². The first-order valence-electron chi connectivity index (χ1n) is 5.61. The molecule has 2 aromatic rings. The van der Waals surface area contributed by atoms with Crippen LogP contribution in [0.3, 0.4) is 0 Å². The Labute approximate surface area is 112 Å². The summed E-state index contributed by atoms with van der Waals surface area (Å²) >= 11 is 3.33. The van der Waals surface area contributed by atoms with Gasteiger partial charge in [-0.25, -0.2) is 9.50 Å². The SMILES string of the molecule is CCCNc1ccc2nc(CC(=O)O)c(Br)n2n1. The number of carbonyl (C=O) groups is 1. The highest BCUT2D eigenvalue weighted by atomic mass is 79.9. The minimum Gasteiger partial charge on any atom is -0.481 e. The standard InChI is InChI=1S/C11H13BrN4O2/c1-2-5-13-8-3-4-9-14-7(6-10(17)18)11(12)16(9)15-8/h3-4H,2,5-6H2,1H3,(H,13,15)(H,17,18). The van der Waals surface area contributed by atoms with Gasteiger partial charge in [0.15, 0.2) is 5.65 Å². The maximum Gasteiger partial charge on any atom is 0.309 e. The molecule has 2 aromatic heterocycles. The molecule has 18 heavy (non-hydrogen) atoms. The molecule has 0 unspecified atom stereocenters. The average molecular weight is 313 g/mol. The Morgan fingerprint density at radius 3 is 3.00 bits per heavy atom. The summed E-state index contributed by atoms with van der Waals surface area (Å²) in [5.41, 5.74) is 1.10. The van der Waals surface area contributed by atoms with Crippen molar-refractivity contribution in [3.05, 3.63) is 22.4 Å². The van der Waals surface area contributed by atoms with Crippen LogP contribution in [-0.2, 0) is 11.2 Å². The molecule has 7 heteroatoms. The third kappa shape index (κ3) is 2.61. The van der Waals surface area contributed by atoms with Gasteiger partial charge in [0, 0.05) is 6.54 Å². The fraction of sp³-hybridized carbons (Fsp3) is 0.364. The molecule has 0 bridgehead atoms. The number of nitrogens with zero attached hydrogens (tertiary/aromatic N) is 3. The van der Waals surface area contributed by atoms with Crippen molar-refractivity contribution >= 4 is 33.4 Å². The Kier molecular flexibility index (Phi) is 3.81. The molecule has 0 spiro atoms. The second kappa shape index (κ2) is 5.34. The molecule has 0 fully saturated rings. The number of hydrogen-bond acceptors (Lipinski definition) is 4. The molecule has 0 saturated carbocycles. The van der Waals surface area contributed by atoms with Crippen LogP contribution >= 0.6 is 15.9 Å². The van der Waals surface area contributed by atoms with Gasteiger partial charge in [-0.3, -0.25) is 4.79 Å². The third-order valence-electron chi connectivity index (χ3n) is 2.36. The van der Waals surface area contributed by atoms with Crippen LogP contribution in [-0.4, -0.2) is 32.2 Å². The molecule has 96 valence electrons. The highest BCUT2D eigenvalue weighted by molar-refractivity contribution is 9.10. The van der Waals surface area contributed by atoms with Gasteiger partial charge in [-0.15, -0.1) is 5.10 Å². The molecule has 2 heterocycles.